The van der Waals surface area contributed by atoms with Gasteiger partial charge in [-0.2, -0.15) is 0 Å². The lowest BCUT2D eigenvalue weighted by Gasteiger charge is -2.27. The van der Waals surface area contributed by atoms with Crippen LogP contribution in [-0.2, 0) is 9.84 Å². The van der Waals surface area contributed by atoms with Crippen molar-refractivity contribution in [1.82, 2.24) is 9.80 Å². The van der Waals surface area contributed by atoms with Crippen molar-refractivity contribution in [2.24, 2.45) is 0 Å². The molecule has 6 nitrogen and oxygen atoms in total. The molecule has 1 aliphatic heterocycles. The number of carbonyl (C=O) groups excluding carboxylic acids is 2. The Hall–Kier alpha value is -1.89. The van der Waals surface area contributed by atoms with Crippen LogP contribution in [0.15, 0.2) is 24.3 Å². The van der Waals surface area contributed by atoms with Crippen molar-refractivity contribution in [3.63, 3.8) is 0 Å². The molecule has 0 saturated carbocycles. The minimum absolute atomic E-state index is 0.0331. The fraction of sp³-hybridized carbons (Fsp3) is 0.579. The van der Waals surface area contributed by atoms with Gasteiger partial charge in [0.25, 0.3) is 11.8 Å². The molecule has 0 aromatic heterocycles. The maximum absolute atomic E-state index is 12.8. The van der Waals surface area contributed by atoms with E-state index in [4.69, 9.17) is 0 Å². The van der Waals surface area contributed by atoms with Gasteiger partial charge in [-0.05, 0) is 44.0 Å². The molecule has 0 bridgehead atoms. The van der Waals surface area contributed by atoms with Crippen LogP contribution in [0.4, 0.5) is 0 Å². The van der Waals surface area contributed by atoms with E-state index < -0.39 is 9.84 Å². The first-order valence-electron chi connectivity index (χ1n) is 9.16. The second-order valence-corrected chi connectivity index (χ2v) is 9.03. The van der Waals surface area contributed by atoms with Gasteiger partial charge in [0.15, 0.2) is 9.84 Å². The highest BCUT2D eigenvalue weighted by atomic mass is 32.2. The van der Waals surface area contributed by atoms with E-state index in [9.17, 15) is 18.0 Å². The van der Waals surface area contributed by atoms with E-state index in [1.54, 1.807) is 41.1 Å². The third kappa shape index (κ3) is 4.84. The van der Waals surface area contributed by atoms with Crippen molar-refractivity contribution in [2.75, 3.05) is 31.6 Å². The van der Waals surface area contributed by atoms with E-state index >= 15 is 0 Å². The Morgan fingerprint density at radius 1 is 1.08 bits per heavy atom. The van der Waals surface area contributed by atoms with Gasteiger partial charge in [0, 0.05) is 37.3 Å². The molecule has 1 fully saturated rings. The molecule has 0 spiro atoms. The standard InChI is InChI=1S/C19H28N2O4S/c1-4-6-12-20(3)18(22)15-7-9-16(10-8-15)19(23)21(5-2)17-11-13-26(24,25)14-17/h7-10,17H,4-6,11-14H2,1-3H3. The summed E-state index contributed by atoms with van der Waals surface area (Å²) in [6.45, 7) is 5.09. The SMILES string of the molecule is CCCCN(C)C(=O)c1ccc(C(=O)N(CC)C2CCS(=O)(=O)C2)cc1. The van der Waals surface area contributed by atoms with Gasteiger partial charge in [-0.25, -0.2) is 8.42 Å². The molecule has 2 rings (SSSR count). The zero-order chi connectivity index (χ0) is 19.3. The minimum atomic E-state index is -3.05. The lowest BCUT2D eigenvalue weighted by atomic mass is 10.1. The number of amides is 2. The van der Waals surface area contributed by atoms with Crippen molar-refractivity contribution in [3.8, 4) is 0 Å². The molecule has 0 aliphatic carbocycles. The first-order chi connectivity index (χ1) is 12.3. The second-order valence-electron chi connectivity index (χ2n) is 6.81. The van der Waals surface area contributed by atoms with E-state index in [0.717, 1.165) is 12.8 Å². The summed E-state index contributed by atoms with van der Waals surface area (Å²) in [5, 5.41) is 0. The molecular formula is C19H28N2O4S. The molecule has 26 heavy (non-hydrogen) atoms. The summed E-state index contributed by atoms with van der Waals surface area (Å²) < 4.78 is 23.4. The van der Waals surface area contributed by atoms with Crippen LogP contribution in [0.2, 0.25) is 0 Å². The van der Waals surface area contributed by atoms with Crippen molar-refractivity contribution >= 4 is 21.7 Å². The molecular weight excluding hydrogens is 352 g/mol. The van der Waals surface area contributed by atoms with Gasteiger partial charge in [-0.15, -0.1) is 0 Å². The number of unbranched alkanes of at least 4 members (excludes halogenated alkanes) is 1. The summed E-state index contributed by atoms with van der Waals surface area (Å²) in [6, 6.07) is 6.36. The highest BCUT2D eigenvalue weighted by Crippen LogP contribution is 2.20. The number of rotatable bonds is 7. The van der Waals surface area contributed by atoms with E-state index in [1.165, 1.54) is 0 Å². The lowest BCUT2D eigenvalue weighted by Crippen LogP contribution is -2.41. The van der Waals surface area contributed by atoms with Gasteiger partial charge in [0.1, 0.15) is 0 Å². The summed E-state index contributed by atoms with van der Waals surface area (Å²) in [4.78, 5) is 28.4. The molecule has 1 unspecified atom stereocenters. The van der Waals surface area contributed by atoms with Gasteiger partial charge in [0.2, 0.25) is 0 Å². The second kappa shape index (κ2) is 8.66. The molecule has 1 aromatic carbocycles. The molecule has 7 heteroatoms. The Morgan fingerprint density at radius 2 is 1.65 bits per heavy atom. The Balaban J connectivity index is 2.09. The van der Waals surface area contributed by atoms with Crippen LogP contribution in [0, 0.1) is 0 Å². The van der Waals surface area contributed by atoms with Crippen molar-refractivity contribution in [1.29, 1.82) is 0 Å². The molecule has 144 valence electrons. The monoisotopic (exact) mass is 380 g/mol. The highest BCUT2D eigenvalue weighted by Gasteiger charge is 2.34. The average molecular weight is 381 g/mol. The zero-order valence-electron chi connectivity index (χ0n) is 15.8. The Bertz CT molecular complexity index is 743. The molecule has 1 atom stereocenters. The number of hydrogen-bond acceptors (Lipinski definition) is 4. The first kappa shape index (κ1) is 20.4. The summed E-state index contributed by atoms with van der Waals surface area (Å²) in [7, 11) is -1.27. The number of benzene rings is 1. The lowest BCUT2D eigenvalue weighted by molar-refractivity contribution is 0.0706. The van der Waals surface area contributed by atoms with Crippen LogP contribution >= 0.6 is 0 Å². The summed E-state index contributed by atoms with van der Waals surface area (Å²) in [6.07, 6.45) is 2.46. The molecule has 0 radical (unpaired) electrons. The number of hydrogen-bond donors (Lipinski definition) is 0. The third-order valence-electron chi connectivity index (χ3n) is 4.82. The number of carbonyl (C=O) groups is 2. The summed E-state index contributed by atoms with van der Waals surface area (Å²) in [5.41, 5.74) is 1.02. The minimum Gasteiger partial charge on any atom is -0.342 e. The van der Waals surface area contributed by atoms with Gasteiger partial charge >= 0.3 is 0 Å². The van der Waals surface area contributed by atoms with Crippen LogP contribution < -0.4 is 0 Å². The van der Waals surface area contributed by atoms with Gasteiger partial charge in [-0.3, -0.25) is 9.59 Å². The van der Waals surface area contributed by atoms with Crippen LogP contribution in [0.3, 0.4) is 0 Å². The summed E-state index contributed by atoms with van der Waals surface area (Å²) >= 11 is 0. The molecule has 1 aliphatic rings. The smallest absolute Gasteiger partial charge is 0.254 e. The van der Waals surface area contributed by atoms with Crippen molar-refractivity contribution in [3.05, 3.63) is 35.4 Å². The maximum atomic E-state index is 12.8. The number of nitrogens with zero attached hydrogens (tertiary/aromatic N) is 2. The normalized spacial score (nSPS) is 18.5. The van der Waals surface area contributed by atoms with E-state index in [-0.39, 0.29) is 29.4 Å². The fourth-order valence-corrected chi connectivity index (χ4v) is 4.96. The quantitative estimate of drug-likeness (QED) is 0.727. The van der Waals surface area contributed by atoms with Crippen LogP contribution in [-0.4, -0.2) is 67.7 Å². The highest BCUT2D eigenvalue weighted by molar-refractivity contribution is 7.91. The third-order valence-corrected chi connectivity index (χ3v) is 6.57. The molecule has 1 heterocycles. The first-order valence-corrected chi connectivity index (χ1v) is 11.0. The molecule has 0 N–H and O–H groups in total. The van der Waals surface area contributed by atoms with Crippen LogP contribution in [0.25, 0.3) is 0 Å². The molecule has 2 amide bonds. The predicted octanol–water partition coefficient (Wildman–Crippen LogP) is 2.21. The van der Waals surface area contributed by atoms with E-state index in [1.807, 2.05) is 6.92 Å². The Labute approximate surface area is 156 Å². The zero-order valence-corrected chi connectivity index (χ0v) is 16.6. The fourth-order valence-electron chi connectivity index (χ4n) is 3.23. The van der Waals surface area contributed by atoms with E-state index in [0.29, 0.717) is 30.6 Å². The topological polar surface area (TPSA) is 74.8 Å². The van der Waals surface area contributed by atoms with E-state index in [2.05, 4.69) is 6.92 Å². The largest absolute Gasteiger partial charge is 0.342 e. The summed E-state index contributed by atoms with van der Waals surface area (Å²) in [5.74, 6) is -0.0794. The van der Waals surface area contributed by atoms with Gasteiger partial charge < -0.3 is 9.80 Å². The molecule has 1 saturated heterocycles. The van der Waals surface area contributed by atoms with Crippen molar-refractivity contribution in [2.45, 2.75) is 39.2 Å². The number of sulfone groups is 1. The van der Waals surface area contributed by atoms with Crippen LogP contribution in [0.5, 0.6) is 0 Å². The van der Waals surface area contributed by atoms with Crippen LogP contribution in [0.1, 0.15) is 53.8 Å². The average Bonchev–Trinajstić information content (AvgIpc) is 2.99. The van der Waals surface area contributed by atoms with Crippen molar-refractivity contribution < 1.29 is 18.0 Å². The van der Waals surface area contributed by atoms with Gasteiger partial charge in [0.05, 0.1) is 11.5 Å². The van der Waals surface area contributed by atoms with Gasteiger partial charge in [-0.1, -0.05) is 13.3 Å². The molecule has 1 aromatic rings. The Morgan fingerprint density at radius 3 is 2.12 bits per heavy atom. The maximum Gasteiger partial charge on any atom is 0.254 e. The predicted molar refractivity (Wildman–Crippen MR) is 102 cm³/mol. The Kier molecular flexibility index (Phi) is 6.81.